The monoisotopic (exact) mass is 295 g/mol. The molecule has 0 radical (unpaired) electrons. The molecule has 21 heavy (non-hydrogen) atoms. The number of hydrogen-bond acceptors (Lipinski definition) is 2. The first-order valence-corrected chi connectivity index (χ1v) is 8.67. The van der Waals surface area contributed by atoms with Crippen LogP contribution < -0.4 is 5.32 Å². The van der Waals surface area contributed by atoms with E-state index in [9.17, 15) is 4.79 Å². The van der Waals surface area contributed by atoms with Crippen molar-refractivity contribution in [3.63, 3.8) is 0 Å². The lowest BCUT2D eigenvalue weighted by Crippen LogP contribution is -2.49. The van der Waals surface area contributed by atoms with Crippen LogP contribution in [0.4, 0.5) is 4.79 Å². The van der Waals surface area contributed by atoms with Gasteiger partial charge in [-0.15, -0.1) is 0 Å². The molecule has 1 aliphatic carbocycles. The maximum Gasteiger partial charge on any atom is 0.317 e. The maximum atomic E-state index is 12.4. The van der Waals surface area contributed by atoms with E-state index in [1.807, 2.05) is 11.9 Å². The van der Waals surface area contributed by atoms with Gasteiger partial charge in [0.1, 0.15) is 0 Å². The number of nitrogens with one attached hydrogen (secondary N) is 1. The molecule has 2 aliphatic rings. The van der Waals surface area contributed by atoms with Gasteiger partial charge in [-0.2, -0.15) is 0 Å². The average molecular weight is 295 g/mol. The van der Waals surface area contributed by atoms with E-state index < -0.39 is 0 Å². The molecule has 1 N–H and O–H groups in total. The first kappa shape index (κ1) is 16.6. The third-order valence-electron chi connectivity index (χ3n) is 5.35. The number of likely N-dealkylation sites (tertiary alicyclic amines) is 1. The molecule has 2 fully saturated rings. The molecule has 0 aromatic heterocycles. The summed E-state index contributed by atoms with van der Waals surface area (Å²) >= 11 is 0. The number of hydrogen-bond donors (Lipinski definition) is 1. The second kappa shape index (κ2) is 7.48. The summed E-state index contributed by atoms with van der Waals surface area (Å²) in [5, 5.41) is 3.31. The molecule has 3 atom stereocenters. The zero-order valence-corrected chi connectivity index (χ0v) is 14.3. The summed E-state index contributed by atoms with van der Waals surface area (Å²) in [6.07, 6.45) is 6.20. The minimum absolute atomic E-state index is 0.127. The summed E-state index contributed by atoms with van der Waals surface area (Å²) in [4.78, 5) is 16.7. The average Bonchev–Trinajstić information content (AvgIpc) is 2.84. The van der Waals surface area contributed by atoms with Crippen molar-refractivity contribution in [3.05, 3.63) is 0 Å². The number of rotatable bonds is 4. The van der Waals surface area contributed by atoms with Crippen LogP contribution in [0.1, 0.15) is 46.0 Å². The fraction of sp³-hybridized carbons (Fsp3) is 0.941. The smallest absolute Gasteiger partial charge is 0.317 e. The van der Waals surface area contributed by atoms with E-state index in [2.05, 4.69) is 31.1 Å². The first-order chi connectivity index (χ1) is 9.97. The fourth-order valence-electron chi connectivity index (χ4n) is 4.05. The Kier molecular flexibility index (Phi) is 5.91. The minimum atomic E-state index is 0.127. The lowest BCUT2D eigenvalue weighted by molar-refractivity contribution is 0.169. The van der Waals surface area contributed by atoms with Gasteiger partial charge >= 0.3 is 6.03 Å². The van der Waals surface area contributed by atoms with Gasteiger partial charge in [0, 0.05) is 26.2 Å². The number of carbonyl (C=O) groups excluding carboxylic acids is 1. The van der Waals surface area contributed by atoms with Crippen LogP contribution in [0.2, 0.25) is 0 Å². The van der Waals surface area contributed by atoms with Crippen molar-refractivity contribution >= 4 is 6.03 Å². The van der Waals surface area contributed by atoms with Crippen molar-refractivity contribution < 1.29 is 4.79 Å². The molecular formula is C17H33N3O. The van der Waals surface area contributed by atoms with Crippen molar-refractivity contribution in [2.75, 3.05) is 33.7 Å². The third-order valence-corrected chi connectivity index (χ3v) is 5.35. The summed E-state index contributed by atoms with van der Waals surface area (Å²) in [5.41, 5.74) is 0. The fourth-order valence-corrected chi connectivity index (χ4v) is 4.05. The van der Waals surface area contributed by atoms with E-state index in [1.54, 1.807) is 0 Å². The predicted octanol–water partition coefficient (Wildman–Crippen LogP) is 2.79. The van der Waals surface area contributed by atoms with Gasteiger partial charge in [-0.1, -0.05) is 26.7 Å². The van der Waals surface area contributed by atoms with Crippen LogP contribution in [-0.2, 0) is 0 Å². The Morgan fingerprint density at radius 1 is 1.29 bits per heavy atom. The topological polar surface area (TPSA) is 35.6 Å². The summed E-state index contributed by atoms with van der Waals surface area (Å²) in [5.74, 6) is 1.94. The Hall–Kier alpha value is -0.770. The third kappa shape index (κ3) is 4.60. The summed E-state index contributed by atoms with van der Waals surface area (Å²) in [6.45, 7) is 7.74. The van der Waals surface area contributed by atoms with E-state index in [0.29, 0.717) is 23.8 Å². The van der Waals surface area contributed by atoms with E-state index >= 15 is 0 Å². The molecule has 0 aromatic carbocycles. The molecule has 1 aliphatic heterocycles. The molecule has 122 valence electrons. The van der Waals surface area contributed by atoms with Crippen LogP contribution in [0.3, 0.4) is 0 Å². The van der Waals surface area contributed by atoms with Crippen molar-refractivity contribution in [2.45, 2.75) is 52.0 Å². The van der Waals surface area contributed by atoms with Gasteiger partial charge in [0.05, 0.1) is 0 Å². The van der Waals surface area contributed by atoms with Crippen molar-refractivity contribution in [1.29, 1.82) is 0 Å². The standard InChI is InChI=1S/C17H33N3O/c1-13(2)15-7-5-6-8-16(15)18-17(21)20(4)12-14-9-10-19(3)11-14/h13-16H,5-12H2,1-4H3,(H,18,21)/t14-,15+,16-/m1/s1. The maximum absolute atomic E-state index is 12.4. The van der Waals surface area contributed by atoms with Gasteiger partial charge in [-0.3, -0.25) is 0 Å². The lowest BCUT2D eigenvalue weighted by Gasteiger charge is -2.36. The Morgan fingerprint density at radius 2 is 2.00 bits per heavy atom. The van der Waals surface area contributed by atoms with Crippen LogP contribution in [0.15, 0.2) is 0 Å². The van der Waals surface area contributed by atoms with Gasteiger partial charge in [0.2, 0.25) is 0 Å². The Labute approximate surface area is 130 Å². The van der Waals surface area contributed by atoms with E-state index in [1.165, 1.54) is 25.7 Å². The normalized spacial score (nSPS) is 30.6. The number of nitrogens with zero attached hydrogens (tertiary/aromatic N) is 2. The van der Waals surface area contributed by atoms with E-state index in [0.717, 1.165) is 26.1 Å². The molecule has 0 aromatic rings. The van der Waals surface area contributed by atoms with Crippen molar-refractivity contribution in [3.8, 4) is 0 Å². The summed E-state index contributed by atoms with van der Waals surface area (Å²) < 4.78 is 0. The van der Waals surface area contributed by atoms with Gasteiger partial charge in [-0.05, 0) is 50.6 Å². The zero-order chi connectivity index (χ0) is 15.4. The Morgan fingerprint density at radius 3 is 2.62 bits per heavy atom. The number of carbonyl (C=O) groups is 1. The molecule has 0 unspecified atom stereocenters. The molecule has 1 saturated carbocycles. The van der Waals surface area contributed by atoms with Gasteiger partial charge in [0.15, 0.2) is 0 Å². The highest BCUT2D eigenvalue weighted by Gasteiger charge is 2.30. The molecule has 2 amide bonds. The van der Waals surface area contributed by atoms with Crippen molar-refractivity contribution in [1.82, 2.24) is 15.1 Å². The molecule has 1 heterocycles. The van der Waals surface area contributed by atoms with E-state index in [-0.39, 0.29) is 6.03 Å². The highest BCUT2D eigenvalue weighted by molar-refractivity contribution is 5.74. The van der Waals surface area contributed by atoms with Gasteiger partial charge in [0.25, 0.3) is 0 Å². The molecule has 2 rings (SSSR count). The van der Waals surface area contributed by atoms with Crippen LogP contribution in [0.5, 0.6) is 0 Å². The van der Waals surface area contributed by atoms with Gasteiger partial charge in [-0.25, -0.2) is 4.79 Å². The minimum Gasteiger partial charge on any atom is -0.335 e. The first-order valence-electron chi connectivity index (χ1n) is 8.67. The zero-order valence-electron chi connectivity index (χ0n) is 14.3. The van der Waals surface area contributed by atoms with Crippen molar-refractivity contribution in [2.24, 2.45) is 17.8 Å². The highest BCUT2D eigenvalue weighted by Crippen LogP contribution is 2.30. The predicted molar refractivity (Wildman–Crippen MR) is 87.3 cm³/mol. The van der Waals surface area contributed by atoms with Crippen LogP contribution in [-0.4, -0.2) is 55.6 Å². The molecule has 1 saturated heterocycles. The molecular weight excluding hydrogens is 262 g/mol. The summed E-state index contributed by atoms with van der Waals surface area (Å²) in [6, 6.07) is 0.502. The lowest BCUT2D eigenvalue weighted by atomic mass is 9.78. The van der Waals surface area contributed by atoms with Gasteiger partial charge < -0.3 is 15.1 Å². The number of amides is 2. The Bertz CT molecular complexity index is 345. The van der Waals surface area contributed by atoms with Crippen LogP contribution in [0, 0.1) is 17.8 Å². The van der Waals surface area contributed by atoms with Crippen LogP contribution >= 0.6 is 0 Å². The molecule has 4 nitrogen and oxygen atoms in total. The second-order valence-corrected chi connectivity index (χ2v) is 7.55. The molecule has 4 heteroatoms. The molecule has 0 spiro atoms. The van der Waals surface area contributed by atoms with E-state index in [4.69, 9.17) is 0 Å². The summed E-state index contributed by atoms with van der Waals surface area (Å²) in [7, 11) is 4.11. The Balaban J connectivity index is 1.81. The quantitative estimate of drug-likeness (QED) is 0.865. The largest absolute Gasteiger partial charge is 0.335 e. The molecule has 0 bridgehead atoms. The van der Waals surface area contributed by atoms with Crippen LogP contribution in [0.25, 0.3) is 0 Å². The highest BCUT2D eigenvalue weighted by atomic mass is 16.2. The second-order valence-electron chi connectivity index (χ2n) is 7.55. The SMILES string of the molecule is CC(C)[C@@H]1CCCC[C@H]1NC(=O)N(C)C[C@@H]1CCN(C)C1. The number of urea groups is 1.